The minimum atomic E-state index is 0.0583. The van der Waals surface area contributed by atoms with Crippen LogP contribution in [0.2, 0.25) is 0 Å². The zero-order valence-electron chi connectivity index (χ0n) is 24.3. The van der Waals surface area contributed by atoms with E-state index >= 15 is 0 Å². The molecule has 0 radical (unpaired) electrons. The average Bonchev–Trinajstić information content (AvgIpc) is 3.33. The molecule has 0 aliphatic carbocycles. The van der Waals surface area contributed by atoms with Gasteiger partial charge >= 0.3 is 0 Å². The van der Waals surface area contributed by atoms with Gasteiger partial charge in [0.2, 0.25) is 5.95 Å². The van der Waals surface area contributed by atoms with Gasteiger partial charge in [-0.3, -0.25) is 19.5 Å². The van der Waals surface area contributed by atoms with Crippen molar-refractivity contribution < 1.29 is 14.9 Å². The van der Waals surface area contributed by atoms with E-state index in [0.717, 1.165) is 62.2 Å². The van der Waals surface area contributed by atoms with Gasteiger partial charge in [-0.25, -0.2) is 4.98 Å². The lowest BCUT2D eigenvalue weighted by molar-refractivity contribution is 0.0195. The van der Waals surface area contributed by atoms with Crippen LogP contribution in [0, 0.1) is 0 Å². The van der Waals surface area contributed by atoms with E-state index in [-0.39, 0.29) is 25.2 Å². The molecule has 0 spiro atoms. The lowest BCUT2D eigenvalue weighted by atomic mass is 10.0. The van der Waals surface area contributed by atoms with Crippen LogP contribution < -0.4 is 15.8 Å². The first-order chi connectivity index (χ1) is 19.4. The molecule has 3 atom stereocenters. The van der Waals surface area contributed by atoms with E-state index in [1.807, 2.05) is 10.9 Å². The third-order valence-corrected chi connectivity index (χ3v) is 7.80. The fourth-order valence-electron chi connectivity index (χ4n) is 5.68. The quantitative estimate of drug-likeness (QED) is 0.231. The van der Waals surface area contributed by atoms with Gasteiger partial charge in [0, 0.05) is 57.1 Å². The first-order valence-electron chi connectivity index (χ1n) is 14.4. The Morgan fingerprint density at radius 3 is 2.62 bits per heavy atom. The molecule has 0 unspecified atom stereocenters. The molecule has 1 saturated heterocycles. The average molecular weight is 556 g/mol. The van der Waals surface area contributed by atoms with Gasteiger partial charge in [-0.05, 0) is 37.8 Å². The van der Waals surface area contributed by atoms with Crippen molar-refractivity contribution in [2.75, 3.05) is 51.0 Å². The van der Waals surface area contributed by atoms with Crippen molar-refractivity contribution in [3.8, 4) is 5.75 Å². The summed E-state index contributed by atoms with van der Waals surface area (Å²) in [5.41, 5.74) is 9.23. The Kier molecular flexibility index (Phi) is 10.5. The molecule has 0 amide bonds. The van der Waals surface area contributed by atoms with Crippen molar-refractivity contribution >= 4 is 22.8 Å². The topological polar surface area (TPSA) is 151 Å². The van der Waals surface area contributed by atoms with Gasteiger partial charge in [0.1, 0.15) is 22.5 Å². The van der Waals surface area contributed by atoms with Gasteiger partial charge in [-0.2, -0.15) is 10.1 Å². The largest absolute Gasteiger partial charge is 0.495 e. The molecule has 0 aromatic carbocycles. The van der Waals surface area contributed by atoms with Crippen molar-refractivity contribution in [1.82, 2.24) is 34.5 Å². The summed E-state index contributed by atoms with van der Waals surface area (Å²) >= 11 is 0. The molecule has 0 bridgehead atoms. The van der Waals surface area contributed by atoms with Gasteiger partial charge in [-0.15, -0.1) is 0 Å². The molecule has 220 valence electrons. The van der Waals surface area contributed by atoms with Gasteiger partial charge in [-0.1, -0.05) is 20.3 Å². The number of hydrogen-bond donors (Lipinski definition) is 4. The standard InChI is InChI=1S/C28H45N9O3/c1-5-7-21(8-10-38)32-27-26-23(33-28(29)34-27)14-31-37(26)18-24-25(40-4)12-20(13-30-24)16-36-17-22(6-2)35(9-11-39)15-19(36)3/h12-14,19,21-22,38-39H,5-11,15-18H2,1-4H3,(H3,29,32,33,34)/t19-,21+,22-/m1/s1. The second-order valence-corrected chi connectivity index (χ2v) is 10.7. The molecule has 40 heavy (non-hydrogen) atoms. The SMILES string of the molecule is CCC[C@@H](CCO)Nc1nc(N)nc2cnn(Cc3ncc(CN4C[C@@H](CC)N(CCO)C[C@H]4C)cc3OC)c12. The van der Waals surface area contributed by atoms with Crippen LogP contribution in [0.25, 0.3) is 11.0 Å². The molecule has 4 heterocycles. The van der Waals surface area contributed by atoms with E-state index in [1.54, 1.807) is 13.3 Å². The van der Waals surface area contributed by atoms with Crippen LogP contribution in [0.1, 0.15) is 57.7 Å². The number of nitrogen functional groups attached to an aromatic ring is 1. The fraction of sp³-hybridized carbons (Fsp3) is 0.643. The van der Waals surface area contributed by atoms with Crippen molar-refractivity contribution in [3.63, 3.8) is 0 Å². The molecular formula is C28H45N9O3. The van der Waals surface area contributed by atoms with Crippen LogP contribution >= 0.6 is 0 Å². The highest BCUT2D eigenvalue weighted by molar-refractivity contribution is 5.86. The maximum Gasteiger partial charge on any atom is 0.222 e. The highest BCUT2D eigenvalue weighted by Gasteiger charge is 2.30. The summed E-state index contributed by atoms with van der Waals surface area (Å²) in [7, 11) is 1.66. The number of methoxy groups -OCH3 is 1. The van der Waals surface area contributed by atoms with E-state index < -0.39 is 0 Å². The number of nitrogens with one attached hydrogen (secondary N) is 1. The zero-order chi connectivity index (χ0) is 28.6. The van der Waals surface area contributed by atoms with E-state index in [1.165, 1.54) is 0 Å². The Labute approximate surface area is 236 Å². The van der Waals surface area contributed by atoms with Gasteiger partial charge < -0.3 is 26.0 Å². The summed E-state index contributed by atoms with van der Waals surface area (Å²) in [5.74, 6) is 1.47. The van der Waals surface area contributed by atoms with E-state index in [2.05, 4.69) is 57.0 Å². The third kappa shape index (κ3) is 6.98. The zero-order valence-corrected chi connectivity index (χ0v) is 24.3. The number of nitrogens with two attached hydrogens (primary N) is 1. The maximum atomic E-state index is 9.52. The number of rotatable bonds is 14. The number of pyridine rings is 1. The number of anilines is 2. The highest BCUT2D eigenvalue weighted by atomic mass is 16.5. The van der Waals surface area contributed by atoms with Crippen molar-refractivity contribution in [2.24, 2.45) is 0 Å². The lowest BCUT2D eigenvalue weighted by Crippen LogP contribution is -2.57. The normalized spacial score (nSPS) is 19.2. The molecule has 5 N–H and O–H groups in total. The van der Waals surface area contributed by atoms with Crippen LogP contribution in [0.4, 0.5) is 11.8 Å². The summed E-state index contributed by atoms with van der Waals surface area (Å²) in [6.45, 7) is 10.6. The molecule has 4 rings (SSSR count). The molecule has 1 aliphatic heterocycles. The molecule has 12 nitrogen and oxygen atoms in total. The van der Waals surface area contributed by atoms with E-state index in [0.29, 0.717) is 42.1 Å². The predicted molar refractivity (Wildman–Crippen MR) is 156 cm³/mol. The molecule has 3 aromatic rings. The number of aromatic nitrogens is 5. The highest BCUT2D eigenvalue weighted by Crippen LogP contribution is 2.27. The summed E-state index contributed by atoms with van der Waals surface area (Å²) in [4.78, 5) is 18.5. The first-order valence-corrected chi connectivity index (χ1v) is 14.4. The van der Waals surface area contributed by atoms with E-state index in [4.69, 9.17) is 15.5 Å². The van der Waals surface area contributed by atoms with Crippen LogP contribution in [0.15, 0.2) is 18.5 Å². The Morgan fingerprint density at radius 2 is 1.93 bits per heavy atom. The minimum Gasteiger partial charge on any atom is -0.495 e. The number of hydrogen-bond acceptors (Lipinski definition) is 11. The van der Waals surface area contributed by atoms with Gasteiger partial charge in [0.15, 0.2) is 5.82 Å². The lowest BCUT2D eigenvalue weighted by Gasteiger charge is -2.45. The third-order valence-electron chi connectivity index (χ3n) is 7.80. The summed E-state index contributed by atoms with van der Waals surface area (Å²) in [5, 5.41) is 27.0. The molecule has 12 heteroatoms. The van der Waals surface area contributed by atoms with Crippen molar-refractivity contribution in [2.45, 2.75) is 77.7 Å². The second-order valence-electron chi connectivity index (χ2n) is 10.7. The Bertz CT molecular complexity index is 1230. The number of aliphatic hydroxyl groups excluding tert-OH is 2. The Morgan fingerprint density at radius 1 is 1.10 bits per heavy atom. The maximum absolute atomic E-state index is 9.52. The molecule has 1 aliphatic rings. The molecule has 1 fully saturated rings. The summed E-state index contributed by atoms with van der Waals surface area (Å²) in [6, 6.07) is 2.92. The minimum absolute atomic E-state index is 0.0583. The smallest absolute Gasteiger partial charge is 0.222 e. The summed E-state index contributed by atoms with van der Waals surface area (Å²) < 4.78 is 7.60. The first kappa shape index (κ1) is 29.9. The monoisotopic (exact) mass is 555 g/mol. The van der Waals surface area contributed by atoms with Gasteiger partial charge in [0.25, 0.3) is 0 Å². The fourth-order valence-corrected chi connectivity index (χ4v) is 5.68. The Balaban J connectivity index is 1.55. The summed E-state index contributed by atoms with van der Waals surface area (Å²) in [6.07, 6.45) is 7.13. The molecule has 0 saturated carbocycles. The molecule has 3 aromatic heterocycles. The number of aliphatic hydroxyl groups is 2. The van der Waals surface area contributed by atoms with Crippen LogP contribution in [-0.4, -0.2) is 103 Å². The van der Waals surface area contributed by atoms with Crippen LogP contribution in [0.3, 0.4) is 0 Å². The number of fused-ring (bicyclic) bond motifs is 1. The predicted octanol–water partition coefficient (Wildman–Crippen LogP) is 2.10. The Hall–Kier alpha value is -3.06. The number of piperazine rings is 1. The second kappa shape index (κ2) is 14.0. The van der Waals surface area contributed by atoms with E-state index in [9.17, 15) is 10.2 Å². The van der Waals surface area contributed by atoms with Crippen LogP contribution in [-0.2, 0) is 13.1 Å². The van der Waals surface area contributed by atoms with Crippen molar-refractivity contribution in [3.05, 3.63) is 29.7 Å². The van der Waals surface area contributed by atoms with Crippen molar-refractivity contribution in [1.29, 1.82) is 0 Å². The molecular weight excluding hydrogens is 510 g/mol. The van der Waals surface area contributed by atoms with Crippen LogP contribution in [0.5, 0.6) is 5.75 Å². The van der Waals surface area contributed by atoms with Gasteiger partial charge in [0.05, 0.1) is 26.5 Å². The number of ether oxygens (including phenoxy) is 1. The number of β-amino-alcohol motifs (C(OH)–C–C–N with tert-alkyl or cyclic N) is 1. The number of nitrogens with zero attached hydrogens (tertiary/aromatic N) is 7.